The molecule has 5 nitrogen and oxygen atoms in total. The van der Waals surface area contributed by atoms with Crippen LogP contribution in [-0.4, -0.2) is 20.9 Å². The van der Waals surface area contributed by atoms with E-state index in [4.69, 9.17) is 9.52 Å². The van der Waals surface area contributed by atoms with Crippen molar-refractivity contribution in [3.05, 3.63) is 18.0 Å². The second-order valence-corrected chi connectivity index (χ2v) is 3.10. The molecule has 0 aliphatic carbocycles. The highest BCUT2D eigenvalue weighted by molar-refractivity contribution is 5.76. The van der Waals surface area contributed by atoms with Crippen LogP contribution in [0.15, 0.2) is 16.7 Å². The van der Waals surface area contributed by atoms with Crippen LogP contribution in [0.2, 0.25) is 0 Å². The molecule has 74 valence electrons. The van der Waals surface area contributed by atoms with Crippen molar-refractivity contribution in [2.45, 2.75) is 12.8 Å². The summed E-state index contributed by atoms with van der Waals surface area (Å²) < 4.78 is 6.92. The number of furan rings is 1. The molecule has 5 heteroatoms. The number of carboxylic acid groups (broad SMARTS) is 1. The smallest absolute Gasteiger partial charge is 0.303 e. The van der Waals surface area contributed by atoms with Gasteiger partial charge in [0.2, 0.25) is 0 Å². The molecule has 2 aromatic heterocycles. The van der Waals surface area contributed by atoms with Gasteiger partial charge in [-0.05, 0) is 0 Å². The number of rotatable bonds is 3. The van der Waals surface area contributed by atoms with Crippen LogP contribution in [0, 0.1) is 0 Å². The average molecular weight is 194 g/mol. The highest BCUT2D eigenvalue weighted by Crippen LogP contribution is 2.19. The van der Waals surface area contributed by atoms with Gasteiger partial charge in [-0.15, -0.1) is 0 Å². The molecule has 0 aliphatic heterocycles. The normalized spacial score (nSPS) is 10.9. The van der Waals surface area contributed by atoms with Crippen molar-refractivity contribution in [2.75, 3.05) is 0 Å². The summed E-state index contributed by atoms with van der Waals surface area (Å²) in [6, 6.07) is 1.81. The minimum absolute atomic E-state index is 0.0762. The van der Waals surface area contributed by atoms with E-state index < -0.39 is 5.97 Å². The molecule has 0 unspecified atom stereocenters. The standard InChI is InChI=1S/C9H10N2O3/c1-11-7-4-5-14-9(7)6(10-11)2-3-8(12)13/h4-5H,2-3H2,1H3,(H,12,13). The van der Waals surface area contributed by atoms with Gasteiger partial charge in [-0.3, -0.25) is 9.48 Å². The summed E-state index contributed by atoms with van der Waals surface area (Å²) in [6.07, 6.45) is 2.06. The second kappa shape index (κ2) is 3.17. The predicted octanol–water partition coefficient (Wildman–Crippen LogP) is 1.18. The van der Waals surface area contributed by atoms with Gasteiger partial charge in [-0.25, -0.2) is 0 Å². The maximum Gasteiger partial charge on any atom is 0.303 e. The zero-order chi connectivity index (χ0) is 10.1. The molecule has 2 aromatic rings. The fourth-order valence-electron chi connectivity index (χ4n) is 1.44. The molecule has 0 bridgehead atoms. The van der Waals surface area contributed by atoms with Crippen LogP contribution >= 0.6 is 0 Å². The monoisotopic (exact) mass is 194 g/mol. The fourth-order valence-corrected chi connectivity index (χ4v) is 1.44. The van der Waals surface area contributed by atoms with E-state index in [-0.39, 0.29) is 6.42 Å². The fraction of sp³-hybridized carbons (Fsp3) is 0.333. The van der Waals surface area contributed by atoms with Crippen molar-refractivity contribution in [2.24, 2.45) is 7.05 Å². The highest BCUT2D eigenvalue weighted by Gasteiger charge is 2.12. The minimum atomic E-state index is -0.824. The van der Waals surface area contributed by atoms with Crippen LogP contribution in [0.1, 0.15) is 12.1 Å². The van der Waals surface area contributed by atoms with Crippen molar-refractivity contribution < 1.29 is 14.3 Å². The van der Waals surface area contributed by atoms with E-state index in [1.54, 1.807) is 10.9 Å². The van der Waals surface area contributed by atoms with Crippen molar-refractivity contribution in [1.82, 2.24) is 9.78 Å². The zero-order valence-electron chi connectivity index (χ0n) is 7.73. The molecule has 0 amide bonds. The summed E-state index contributed by atoms with van der Waals surface area (Å²) in [5.41, 5.74) is 2.29. The van der Waals surface area contributed by atoms with Crippen LogP contribution in [-0.2, 0) is 18.3 Å². The summed E-state index contributed by atoms with van der Waals surface area (Å²) in [5, 5.41) is 12.7. The van der Waals surface area contributed by atoms with Crippen molar-refractivity contribution >= 4 is 17.1 Å². The maximum atomic E-state index is 10.4. The topological polar surface area (TPSA) is 68.3 Å². The third kappa shape index (κ3) is 1.37. The van der Waals surface area contributed by atoms with Gasteiger partial charge in [0.25, 0.3) is 0 Å². The van der Waals surface area contributed by atoms with Gasteiger partial charge in [-0.2, -0.15) is 5.10 Å². The van der Waals surface area contributed by atoms with E-state index in [1.807, 2.05) is 13.1 Å². The molecule has 0 spiro atoms. The third-order valence-corrected chi connectivity index (χ3v) is 2.10. The molecule has 0 saturated heterocycles. The summed E-state index contributed by atoms with van der Waals surface area (Å²) in [5.74, 6) is -0.824. The lowest BCUT2D eigenvalue weighted by atomic mass is 10.2. The quantitative estimate of drug-likeness (QED) is 0.796. The van der Waals surface area contributed by atoms with E-state index in [2.05, 4.69) is 5.10 Å². The van der Waals surface area contributed by atoms with Crippen molar-refractivity contribution in [3.63, 3.8) is 0 Å². The maximum absolute atomic E-state index is 10.4. The van der Waals surface area contributed by atoms with E-state index in [0.29, 0.717) is 17.7 Å². The Kier molecular flexibility index (Phi) is 1.99. The Morgan fingerprint density at radius 2 is 2.50 bits per heavy atom. The van der Waals surface area contributed by atoms with Gasteiger partial charge in [-0.1, -0.05) is 0 Å². The number of aryl methyl sites for hydroxylation is 2. The van der Waals surface area contributed by atoms with Crippen molar-refractivity contribution in [1.29, 1.82) is 0 Å². The number of fused-ring (bicyclic) bond motifs is 1. The molecule has 0 atom stereocenters. The lowest BCUT2D eigenvalue weighted by molar-refractivity contribution is -0.136. The Bertz CT molecular complexity index is 469. The summed E-state index contributed by atoms with van der Waals surface area (Å²) in [6.45, 7) is 0. The first kappa shape index (κ1) is 8.80. The van der Waals surface area contributed by atoms with E-state index in [9.17, 15) is 4.79 Å². The van der Waals surface area contributed by atoms with Crippen LogP contribution in [0.4, 0.5) is 0 Å². The zero-order valence-corrected chi connectivity index (χ0v) is 7.73. The molecule has 1 N–H and O–H groups in total. The van der Waals surface area contributed by atoms with E-state index in [0.717, 1.165) is 5.52 Å². The van der Waals surface area contributed by atoms with Gasteiger partial charge >= 0.3 is 5.97 Å². The van der Waals surface area contributed by atoms with E-state index in [1.165, 1.54) is 0 Å². The number of nitrogens with zero attached hydrogens (tertiary/aromatic N) is 2. The summed E-state index contributed by atoms with van der Waals surface area (Å²) in [4.78, 5) is 10.4. The Balaban J connectivity index is 2.32. The first-order valence-corrected chi connectivity index (χ1v) is 4.29. The molecule has 2 heterocycles. The van der Waals surface area contributed by atoms with E-state index >= 15 is 0 Å². The van der Waals surface area contributed by atoms with Crippen LogP contribution in [0.25, 0.3) is 11.1 Å². The summed E-state index contributed by atoms with van der Waals surface area (Å²) >= 11 is 0. The number of hydrogen-bond acceptors (Lipinski definition) is 3. The molecular weight excluding hydrogens is 184 g/mol. The molecule has 0 aliphatic rings. The van der Waals surface area contributed by atoms with Gasteiger partial charge in [0, 0.05) is 19.5 Å². The predicted molar refractivity (Wildman–Crippen MR) is 48.9 cm³/mol. The van der Waals surface area contributed by atoms with Gasteiger partial charge in [0.1, 0.15) is 11.2 Å². The average Bonchev–Trinajstić information content (AvgIpc) is 2.67. The van der Waals surface area contributed by atoms with Crippen LogP contribution in [0.5, 0.6) is 0 Å². The van der Waals surface area contributed by atoms with Crippen LogP contribution in [0.3, 0.4) is 0 Å². The van der Waals surface area contributed by atoms with Crippen LogP contribution < -0.4 is 0 Å². The summed E-state index contributed by atoms with van der Waals surface area (Å²) in [7, 11) is 1.81. The Morgan fingerprint density at radius 1 is 1.71 bits per heavy atom. The molecule has 2 rings (SSSR count). The molecule has 0 fully saturated rings. The Hall–Kier alpha value is -1.78. The van der Waals surface area contributed by atoms with Crippen molar-refractivity contribution in [3.8, 4) is 0 Å². The molecule has 0 radical (unpaired) electrons. The van der Waals surface area contributed by atoms with Gasteiger partial charge < -0.3 is 9.52 Å². The molecule has 0 saturated carbocycles. The minimum Gasteiger partial charge on any atom is -0.481 e. The molecule has 0 aromatic carbocycles. The third-order valence-electron chi connectivity index (χ3n) is 2.10. The number of carboxylic acids is 1. The van der Waals surface area contributed by atoms with Gasteiger partial charge in [0.05, 0.1) is 12.7 Å². The lowest BCUT2D eigenvalue weighted by Gasteiger charge is -1.91. The van der Waals surface area contributed by atoms with Gasteiger partial charge in [0.15, 0.2) is 5.58 Å². The second-order valence-electron chi connectivity index (χ2n) is 3.10. The first-order chi connectivity index (χ1) is 6.68. The Morgan fingerprint density at radius 3 is 3.21 bits per heavy atom. The Labute approximate surface area is 79.9 Å². The number of hydrogen-bond donors (Lipinski definition) is 1. The number of aromatic nitrogens is 2. The first-order valence-electron chi connectivity index (χ1n) is 4.29. The highest BCUT2D eigenvalue weighted by atomic mass is 16.4. The molecular formula is C9H10N2O3. The largest absolute Gasteiger partial charge is 0.481 e. The molecule has 14 heavy (non-hydrogen) atoms. The lowest BCUT2D eigenvalue weighted by Crippen LogP contribution is -1.99. The number of aliphatic carboxylic acids is 1. The SMILES string of the molecule is Cn1nc(CCC(=O)O)c2occc21. The number of carbonyl (C=O) groups is 1.